The topological polar surface area (TPSA) is 58.6 Å². The lowest BCUT2D eigenvalue weighted by Crippen LogP contribution is -2.34. The molecule has 0 aliphatic heterocycles. The molecule has 0 amide bonds. The Morgan fingerprint density at radius 2 is 2.00 bits per heavy atom. The quantitative estimate of drug-likeness (QED) is 0.762. The van der Waals surface area contributed by atoms with Crippen molar-refractivity contribution >= 4 is 43.0 Å². The Labute approximate surface area is 161 Å². The molecule has 5 nitrogen and oxygen atoms in total. The van der Waals surface area contributed by atoms with Gasteiger partial charge in [0.1, 0.15) is 9.96 Å². The normalized spacial score (nSPS) is 17.4. The highest BCUT2D eigenvalue weighted by Gasteiger charge is 2.27. The Morgan fingerprint density at radius 1 is 1.24 bits per heavy atom. The Hall–Kier alpha value is -1.09. The van der Waals surface area contributed by atoms with E-state index in [2.05, 4.69) is 39.6 Å². The number of nitrogens with one attached hydrogen (secondary N) is 1. The van der Waals surface area contributed by atoms with Gasteiger partial charge in [0.15, 0.2) is 0 Å². The molecule has 0 fully saturated rings. The molecule has 1 aromatic carbocycles. The number of methoxy groups -OCH3 is 1. The Kier molecular flexibility index (Phi) is 5.43. The first-order chi connectivity index (χ1) is 11.8. The van der Waals surface area contributed by atoms with Crippen LogP contribution >= 0.6 is 27.3 Å². The largest absolute Gasteiger partial charge is 0.496 e. The number of thiophene rings is 1. The van der Waals surface area contributed by atoms with Gasteiger partial charge < -0.3 is 9.64 Å². The number of hydrogen-bond acceptors (Lipinski definition) is 5. The molecule has 1 unspecified atom stereocenters. The van der Waals surface area contributed by atoms with Crippen molar-refractivity contribution in [3.05, 3.63) is 39.2 Å². The van der Waals surface area contributed by atoms with Crippen molar-refractivity contribution in [2.24, 2.45) is 0 Å². The predicted octanol–water partition coefficient (Wildman–Crippen LogP) is 3.74. The van der Waals surface area contributed by atoms with Gasteiger partial charge in [-0.25, -0.2) is 8.42 Å². The number of fused-ring (bicyclic) bond motifs is 1. The van der Waals surface area contributed by atoms with Crippen molar-refractivity contribution < 1.29 is 13.2 Å². The van der Waals surface area contributed by atoms with E-state index in [4.69, 9.17) is 4.74 Å². The third-order valence-electron chi connectivity index (χ3n) is 4.56. The molecule has 1 heterocycles. The van der Waals surface area contributed by atoms with E-state index < -0.39 is 10.0 Å². The number of benzene rings is 1. The number of rotatable bonds is 5. The fourth-order valence-electron chi connectivity index (χ4n) is 3.19. The zero-order valence-electron chi connectivity index (χ0n) is 14.4. The van der Waals surface area contributed by atoms with Crippen LogP contribution in [0, 0.1) is 0 Å². The molecule has 1 aliphatic rings. The van der Waals surface area contributed by atoms with Crippen LogP contribution in [0.15, 0.2) is 32.3 Å². The van der Waals surface area contributed by atoms with Crippen LogP contribution < -0.4 is 9.46 Å². The second kappa shape index (κ2) is 7.26. The van der Waals surface area contributed by atoms with Crippen LogP contribution in [0.5, 0.6) is 5.75 Å². The minimum Gasteiger partial charge on any atom is -0.496 e. The molecule has 8 heteroatoms. The predicted molar refractivity (Wildman–Crippen MR) is 105 cm³/mol. The molecule has 1 aromatic heterocycles. The summed E-state index contributed by atoms with van der Waals surface area (Å²) in [7, 11) is 2.21. The van der Waals surface area contributed by atoms with Gasteiger partial charge in [-0.3, -0.25) is 4.72 Å². The van der Waals surface area contributed by atoms with Gasteiger partial charge in [0.05, 0.1) is 16.6 Å². The summed E-state index contributed by atoms with van der Waals surface area (Å²) in [6, 6.07) is 7.42. The number of hydrogen-bond donors (Lipinski definition) is 1. The average Bonchev–Trinajstić information content (AvgIpc) is 3.02. The molecule has 0 bridgehead atoms. The fraction of sp³-hybridized carbons (Fsp3) is 0.412. The number of likely N-dealkylation sites (N-methyl/N-ethyl adjacent to an activating group) is 1. The summed E-state index contributed by atoms with van der Waals surface area (Å²) in [5.74, 6) is 0.823. The highest BCUT2D eigenvalue weighted by molar-refractivity contribution is 9.11. The first kappa shape index (κ1) is 18.7. The summed E-state index contributed by atoms with van der Waals surface area (Å²) in [5.41, 5.74) is 2.79. The first-order valence-electron chi connectivity index (χ1n) is 7.95. The van der Waals surface area contributed by atoms with Crippen LogP contribution in [0.1, 0.15) is 17.5 Å². The SMILES string of the molecule is COc1ccc(NS(=O)(=O)c2ccc(Br)s2)c2c1CC(N(C)C)CC2. The van der Waals surface area contributed by atoms with Gasteiger partial charge in [-0.05, 0) is 79.1 Å². The summed E-state index contributed by atoms with van der Waals surface area (Å²) < 4.78 is 34.7. The molecule has 1 N–H and O–H groups in total. The van der Waals surface area contributed by atoms with Crippen molar-refractivity contribution in [1.82, 2.24) is 4.90 Å². The van der Waals surface area contributed by atoms with Gasteiger partial charge in [-0.2, -0.15) is 0 Å². The molecule has 1 aliphatic carbocycles. The van der Waals surface area contributed by atoms with E-state index in [0.29, 0.717) is 15.9 Å². The molecule has 0 spiro atoms. The summed E-state index contributed by atoms with van der Waals surface area (Å²) in [4.78, 5) is 2.21. The van der Waals surface area contributed by atoms with E-state index in [-0.39, 0.29) is 0 Å². The van der Waals surface area contributed by atoms with Crippen LogP contribution in [0.2, 0.25) is 0 Å². The fourth-order valence-corrected chi connectivity index (χ4v) is 6.30. The zero-order chi connectivity index (χ0) is 18.2. The van der Waals surface area contributed by atoms with Crippen LogP contribution in [0.25, 0.3) is 0 Å². The van der Waals surface area contributed by atoms with Crippen molar-refractivity contribution in [1.29, 1.82) is 0 Å². The van der Waals surface area contributed by atoms with E-state index in [0.717, 1.165) is 39.9 Å². The van der Waals surface area contributed by atoms with Crippen molar-refractivity contribution in [3.63, 3.8) is 0 Å². The molecule has 136 valence electrons. The highest BCUT2D eigenvalue weighted by atomic mass is 79.9. The maximum atomic E-state index is 12.7. The van der Waals surface area contributed by atoms with E-state index in [9.17, 15) is 8.42 Å². The van der Waals surface area contributed by atoms with Crippen molar-refractivity contribution in [3.8, 4) is 5.75 Å². The molecule has 0 radical (unpaired) electrons. The Bertz CT molecular complexity index is 878. The zero-order valence-corrected chi connectivity index (χ0v) is 17.6. The average molecular weight is 445 g/mol. The molecule has 2 aromatic rings. The molecule has 0 saturated heterocycles. The molecular weight excluding hydrogens is 424 g/mol. The number of halogens is 1. The number of anilines is 1. The second-order valence-electron chi connectivity index (χ2n) is 6.30. The van der Waals surface area contributed by atoms with Gasteiger partial charge in [0.25, 0.3) is 10.0 Å². The Balaban J connectivity index is 1.97. The van der Waals surface area contributed by atoms with E-state index in [1.807, 2.05) is 6.07 Å². The van der Waals surface area contributed by atoms with Crippen LogP contribution in [-0.2, 0) is 22.9 Å². The number of ether oxygens (including phenoxy) is 1. The van der Waals surface area contributed by atoms with Gasteiger partial charge in [-0.15, -0.1) is 11.3 Å². The number of nitrogens with zero attached hydrogens (tertiary/aromatic N) is 1. The summed E-state index contributed by atoms with van der Waals surface area (Å²) in [6.45, 7) is 0. The molecule has 0 saturated carbocycles. The maximum absolute atomic E-state index is 12.7. The lowest BCUT2D eigenvalue weighted by atomic mass is 9.86. The van der Waals surface area contributed by atoms with Gasteiger partial charge >= 0.3 is 0 Å². The summed E-state index contributed by atoms with van der Waals surface area (Å²) in [5, 5.41) is 0. The third-order valence-corrected chi connectivity index (χ3v) is 8.04. The van der Waals surface area contributed by atoms with Crippen LogP contribution in [-0.4, -0.2) is 40.6 Å². The van der Waals surface area contributed by atoms with Crippen LogP contribution in [0.4, 0.5) is 5.69 Å². The van der Waals surface area contributed by atoms with Gasteiger partial charge in [-0.1, -0.05) is 0 Å². The lowest BCUT2D eigenvalue weighted by Gasteiger charge is -2.32. The third kappa shape index (κ3) is 3.86. The molecule has 1 atom stereocenters. The first-order valence-corrected chi connectivity index (χ1v) is 11.0. The lowest BCUT2D eigenvalue weighted by molar-refractivity contribution is 0.265. The second-order valence-corrected chi connectivity index (χ2v) is 10.7. The van der Waals surface area contributed by atoms with E-state index >= 15 is 0 Å². The molecule has 3 rings (SSSR count). The van der Waals surface area contributed by atoms with E-state index in [1.165, 1.54) is 11.3 Å². The standard InChI is InChI=1S/C17H21BrN2O3S2/c1-20(2)11-4-5-12-13(10-11)15(23-3)7-6-14(12)19-25(21,22)17-9-8-16(18)24-17/h6-9,11,19H,4-5,10H2,1-3H3. The minimum absolute atomic E-state index is 0.297. The van der Waals surface area contributed by atoms with E-state index in [1.54, 1.807) is 25.3 Å². The smallest absolute Gasteiger partial charge is 0.271 e. The minimum atomic E-state index is -3.59. The Morgan fingerprint density at radius 3 is 2.60 bits per heavy atom. The van der Waals surface area contributed by atoms with Crippen molar-refractivity contribution in [2.45, 2.75) is 29.5 Å². The van der Waals surface area contributed by atoms with Crippen molar-refractivity contribution in [2.75, 3.05) is 25.9 Å². The highest BCUT2D eigenvalue weighted by Crippen LogP contribution is 2.37. The molecule has 25 heavy (non-hydrogen) atoms. The monoisotopic (exact) mass is 444 g/mol. The number of sulfonamides is 1. The summed E-state index contributed by atoms with van der Waals surface area (Å²) >= 11 is 4.51. The summed E-state index contributed by atoms with van der Waals surface area (Å²) in [6.07, 6.45) is 2.67. The molecular formula is C17H21BrN2O3S2. The van der Waals surface area contributed by atoms with Gasteiger partial charge in [0, 0.05) is 11.6 Å². The maximum Gasteiger partial charge on any atom is 0.271 e. The van der Waals surface area contributed by atoms with Gasteiger partial charge in [0.2, 0.25) is 0 Å². The van der Waals surface area contributed by atoms with Crippen LogP contribution in [0.3, 0.4) is 0 Å².